The van der Waals surface area contributed by atoms with Crippen LogP contribution in [0, 0.1) is 6.92 Å². The first-order valence-corrected chi connectivity index (χ1v) is 7.97. The van der Waals surface area contributed by atoms with E-state index in [9.17, 15) is 4.79 Å². The van der Waals surface area contributed by atoms with Gasteiger partial charge in [-0.2, -0.15) is 0 Å². The van der Waals surface area contributed by atoms with Crippen LogP contribution in [0.3, 0.4) is 0 Å². The number of ether oxygens (including phenoxy) is 1. The number of rotatable bonds is 5. The number of nitrogens with zero attached hydrogens (tertiary/aromatic N) is 2. The Kier molecular flexibility index (Phi) is 4.11. The maximum absolute atomic E-state index is 12.4. The molecule has 0 unspecified atom stereocenters. The number of aromatic nitrogens is 2. The van der Waals surface area contributed by atoms with Crippen molar-refractivity contribution >= 4 is 27.9 Å². The molecule has 0 radical (unpaired) electrons. The van der Waals surface area contributed by atoms with E-state index in [0.717, 1.165) is 16.3 Å². The van der Waals surface area contributed by atoms with Crippen molar-refractivity contribution in [3.8, 4) is 5.75 Å². The average molecular weight is 315 g/mol. The average Bonchev–Trinajstić information content (AvgIpc) is 3.03. The van der Waals surface area contributed by atoms with E-state index < -0.39 is 0 Å². The summed E-state index contributed by atoms with van der Waals surface area (Å²) in [7, 11) is 0. The Balaban J connectivity index is 1.80. The smallest absolute Gasteiger partial charge is 0.276 e. The van der Waals surface area contributed by atoms with Crippen molar-refractivity contribution in [2.75, 3.05) is 11.9 Å². The number of thiazole rings is 1. The molecule has 3 rings (SSSR count). The fraction of sp³-hybridized carbons (Fsp3) is 0.250. The highest BCUT2D eigenvalue weighted by atomic mass is 32.1. The van der Waals surface area contributed by atoms with E-state index in [2.05, 4.69) is 10.3 Å². The van der Waals surface area contributed by atoms with Gasteiger partial charge in [0.25, 0.3) is 5.91 Å². The fourth-order valence-corrected chi connectivity index (χ4v) is 2.92. The summed E-state index contributed by atoms with van der Waals surface area (Å²) in [4.78, 5) is 18.7. The summed E-state index contributed by atoms with van der Waals surface area (Å²) in [5, 5.41) is 2.87. The van der Waals surface area contributed by atoms with Gasteiger partial charge < -0.3 is 10.1 Å². The molecular weight excluding hydrogens is 298 g/mol. The van der Waals surface area contributed by atoms with Gasteiger partial charge >= 0.3 is 0 Å². The van der Waals surface area contributed by atoms with Crippen LogP contribution in [0.5, 0.6) is 5.75 Å². The largest absolute Gasteiger partial charge is 0.491 e. The molecule has 114 valence electrons. The summed E-state index contributed by atoms with van der Waals surface area (Å²) in [6.45, 7) is 4.67. The van der Waals surface area contributed by atoms with Crippen LogP contribution < -0.4 is 10.1 Å². The predicted octanol–water partition coefficient (Wildman–Crippen LogP) is 3.75. The maximum Gasteiger partial charge on any atom is 0.276 e. The lowest BCUT2D eigenvalue weighted by molar-refractivity contribution is 0.102. The van der Waals surface area contributed by atoms with Gasteiger partial charge in [-0.3, -0.25) is 9.20 Å². The van der Waals surface area contributed by atoms with E-state index in [1.54, 1.807) is 17.5 Å². The number of imidazole rings is 1. The van der Waals surface area contributed by atoms with E-state index in [1.165, 1.54) is 0 Å². The van der Waals surface area contributed by atoms with Crippen LogP contribution in [0.1, 0.15) is 28.7 Å². The molecule has 0 saturated heterocycles. The molecule has 0 atom stereocenters. The van der Waals surface area contributed by atoms with Crippen molar-refractivity contribution in [2.24, 2.45) is 0 Å². The molecule has 22 heavy (non-hydrogen) atoms. The highest BCUT2D eigenvalue weighted by molar-refractivity contribution is 7.17. The summed E-state index contributed by atoms with van der Waals surface area (Å²) in [6, 6.07) is 7.42. The molecule has 2 heterocycles. The number of nitrogens with one attached hydrogen (secondary N) is 1. The molecule has 5 nitrogen and oxygen atoms in total. The van der Waals surface area contributed by atoms with Crippen LogP contribution in [0.25, 0.3) is 4.96 Å². The molecule has 0 aliphatic rings. The van der Waals surface area contributed by atoms with E-state index in [-0.39, 0.29) is 5.91 Å². The number of carbonyl (C=O) groups is 1. The van der Waals surface area contributed by atoms with Crippen LogP contribution in [0.15, 0.2) is 36.7 Å². The van der Waals surface area contributed by atoms with Gasteiger partial charge in [-0.05, 0) is 25.5 Å². The molecule has 0 spiro atoms. The quantitative estimate of drug-likeness (QED) is 0.780. The molecule has 0 fully saturated rings. The van der Waals surface area contributed by atoms with Crippen LogP contribution in [0.4, 0.5) is 5.69 Å². The summed E-state index contributed by atoms with van der Waals surface area (Å²) in [6.07, 6.45) is 4.62. The Hall–Kier alpha value is -2.34. The monoisotopic (exact) mass is 315 g/mol. The zero-order valence-electron chi connectivity index (χ0n) is 12.5. The number of hydrogen-bond acceptors (Lipinski definition) is 4. The highest BCUT2D eigenvalue weighted by Crippen LogP contribution is 2.25. The Morgan fingerprint density at radius 3 is 2.95 bits per heavy atom. The second kappa shape index (κ2) is 6.19. The number of benzene rings is 1. The molecule has 1 amide bonds. The van der Waals surface area contributed by atoms with E-state index in [0.29, 0.717) is 23.7 Å². The number of para-hydroxylation sites is 2. The normalized spacial score (nSPS) is 10.8. The minimum atomic E-state index is -0.235. The lowest BCUT2D eigenvalue weighted by Crippen LogP contribution is -2.13. The molecular formula is C16H17N3O2S. The third-order valence-electron chi connectivity index (χ3n) is 3.10. The van der Waals surface area contributed by atoms with Gasteiger partial charge in [0.2, 0.25) is 0 Å². The lowest BCUT2D eigenvalue weighted by Gasteiger charge is -2.11. The Morgan fingerprint density at radius 1 is 1.36 bits per heavy atom. The van der Waals surface area contributed by atoms with Crippen molar-refractivity contribution in [2.45, 2.75) is 20.3 Å². The summed E-state index contributed by atoms with van der Waals surface area (Å²) >= 11 is 1.56. The van der Waals surface area contributed by atoms with Gasteiger partial charge in [-0.25, -0.2) is 4.98 Å². The van der Waals surface area contributed by atoms with Crippen molar-refractivity contribution in [1.82, 2.24) is 9.38 Å². The topological polar surface area (TPSA) is 55.6 Å². The number of aryl methyl sites for hydroxylation is 1. The van der Waals surface area contributed by atoms with Gasteiger partial charge in [-0.1, -0.05) is 19.1 Å². The van der Waals surface area contributed by atoms with Crippen molar-refractivity contribution < 1.29 is 9.53 Å². The minimum Gasteiger partial charge on any atom is -0.491 e. The third kappa shape index (κ3) is 2.96. The van der Waals surface area contributed by atoms with Gasteiger partial charge in [0.15, 0.2) is 4.96 Å². The number of fused-ring (bicyclic) bond motifs is 1. The first-order chi connectivity index (χ1) is 10.7. The van der Waals surface area contributed by atoms with Crippen molar-refractivity contribution in [3.05, 3.63) is 47.2 Å². The zero-order chi connectivity index (χ0) is 15.5. The maximum atomic E-state index is 12.4. The van der Waals surface area contributed by atoms with Gasteiger partial charge in [0.05, 0.1) is 12.3 Å². The van der Waals surface area contributed by atoms with Crippen LogP contribution in [-0.2, 0) is 0 Å². The number of hydrogen-bond donors (Lipinski definition) is 1. The molecule has 1 aromatic carbocycles. The lowest BCUT2D eigenvalue weighted by atomic mass is 10.3. The molecule has 0 aliphatic carbocycles. The number of amides is 1. The highest BCUT2D eigenvalue weighted by Gasteiger charge is 2.14. The van der Waals surface area contributed by atoms with Gasteiger partial charge in [-0.15, -0.1) is 11.3 Å². The molecule has 0 saturated carbocycles. The standard InChI is InChI=1S/C16H17N3O2S/c1-3-8-21-14-7-5-4-6-12(14)17-15(20)13-10-19-9-11(2)22-16(19)18-13/h4-7,9-10H,3,8H2,1-2H3,(H,17,20). The van der Waals surface area contributed by atoms with E-state index >= 15 is 0 Å². The Bertz CT molecular complexity index is 775. The van der Waals surface area contributed by atoms with Gasteiger partial charge in [0, 0.05) is 17.3 Å². The third-order valence-corrected chi connectivity index (χ3v) is 4.01. The summed E-state index contributed by atoms with van der Waals surface area (Å²) in [5.41, 5.74) is 1.06. The predicted molar refractivity (Wildman–Crippen MR) is 88.0 cm³/mol. The molecule has 0 aliphatic heterocycles. The summed E-state index contributed by atoms with van der Waals surface area (Å²) < 4.78 is 7.51. The summed E-state index contributed by atoms with van der Waals surface area (Å²) in [5.74, 6) is 0.440. The SMILES string of the molecule is CCCOc1ccccc1NC(=O)c1cn2cc(C)sc2n1. The Morgan fingerprint density at radius 2 is 2.18 bits per heavy atom. The molecule has 0 bridgehead atoms. The van der Waals surface area contributed by atoms with Crippen LogP contribution >= 0.6 is 11.3 Å². The first-order valence-electron chi connectivity index (χ1n) is 7.15. The number of carbonyl (C=O) groups excluding carboxylic acids is 1. The van der Waals surface area contributed by atoms with Crippen molar-refractivity contribution in [3.63, 3.8) is 0 Å². The molecule has 6 heteroatoms. The number of anilines is 1. The first kappa shape index (κ1) is 14.6. The molecule has 2 aromatic heterocycles. The van der Waals surface area contributed by atoms with Crippen LogP contribution in [0.2, 0.25) is 0 Å². The Labute approximate surface area is 132 Å². The minimum absolute atomic E-state index is 0.235. The van der Waals surface area contributed by atoms with Crippen molar-refractivity contribution in [1.29, 1.82) is 0 Å². The van der Waals surface area contributed by atoms with E-state index in [4.69, 9.17) is 4.74 Å². The van der Waals surface area contributed by atoms with E-state index in [1.807, 2.05) is 48.7 Å². The molecule has 3 aromatic rings. The van der Waals surface area contributed by atoms with Gasteiger partial charge in [0.1, 0.15) is 11.4 Å². The fourth-order valence-electron chi connectivity index (χ4n) is 2.11. The second-order valence-electron chi connectivity index (χ2n) is 4.96. The zero-order valence-corrected chi connectivity index (χ0v) is 13.3. The second-order valence-corrected chi connectivity index (χ2v) is 6.17. The van der Waals surface area contributed by atoms with Crippen LogP contribution in [-0.4, -0.2) is 21.9 Å². The molecule has 1 N–H and O–H groups in total.